The number of hydrogen-bond acceptors (Lipinski definition) is 5. The molecule has 1 N–H and O–H groups in total. The molecule has 0 unspecified atom stereocenters. The van der Waals surface area contributed by atoms with Crippen LogP contribution >= 0.6 is 11.6 Å². The van der Waals surface area contributed by atoms with Crippen LogP contribution in [0.25, 0.3) is 11.3 Å². The first-order chi connectivity index (χ1) is 11.7. The number of benzene rings is 1. The second-order valence-electron chi connectivity index (χ2n) is 6.29. The van der Waals surface area contributed by atoms with Gasteiger partial charge in [-0.2, -0.15) is 0 Å². The second-order valence-corrected chi connectivity index (χ2v) is 6.70. The Morgan fingerprint density at radius 2 is 2.04 bits per heavy atom. The van der Waals surface area contributed by atoms with E-state index in [0.29, 0.717) is 17.0 Å². The van der Waals surface area contributed by atoms with Crippen LogP contribution in [-0.2, 0) is 11.3 Å². The molecule has 0 aliphatic rings. The molecule has 0 fully saturated rings. The van der Waals surface area contributed by atoms with Crippen LogP contribution in [0, 0.1) is 10.1 Å². The Labute approximate surface area is 150 Å². The van der Waals surface area contributed by atoms with Gasteiger partial charge in [-0.15, -0.1) is 0 Å². The molecule has 8 heteroatoms. The van der Waals surface area contributed by atoms with Crippen molar-refractivity contribution in [1.82, 2.24) is 10.3 Å². The standard InChI is InChI=1S/C17H18ClN3O4/c1-17(2,3)25-16(22)19-10-12-5-4-6-14(20-12)11-7-8-13(18)15(9-11)21(23)24/h4-9H,10H2,1-3H3,(H,19,22). The Morgan fingerprint density at radius 1 is 1.32 bits per heavy atom. The SMILES string of the molecule is CC(C)(C)OC(=O)NCc1cccc(-c2ccc(Cl)c([N+](=O)[O-])c2)n1. The number of nitro groups is 1. The highest BCUT2D eigenvalue weighted by Gasteiger charge is 2.16. The third-order valence-electron chi connectivity index (χ3n) is 3.06. The Hall–Kier alpha value is -2.67. The van der Waals surface area contributed by atoms with Crippen molar-refractivity contribution in [2.75, 3.05) is 0 Å². The average Bonchev–Trinajstić information content (AvgIpc) is 2.52. The lowest BCUT2D eigenvalue weighted by Gasteiger charge is -2.19. The number of nitrogens with one attached hydrogen (secondary N) is 1. The van der Waals surface area contributed by atoms with Crippen molar-refractivity contribution in [2.24, 2.45) is 0 Å². The predicted molar refractivity (Wildman–Crippen MR) is 94.4 cm³/mol. The number of pyridine rings is 1. The highest BCUT2D eigenvalue weighted by Crippen LogP contribution is 2.29. The first kappa shape index (κ1) is 18.7. The van der Waals surface area contributed by atoms with Gasteiger partial charge >= 0.3 is 6.09 Å². The van der Waals surface area contributed by atoms with Gasteiger partial charge in [0.05, 0.1) is 22.9 Å². The van der Waals surface area contributed by atoms with Crippen molar-refractivity contribution in [1.29, 1.82) is 0 Å². The number of alkyl carbamates (subject to hydrolysis) is 1. The molecule has 2 aromatic rings. The quantitative estimate of drug-likeness (QED) is 0.644. The zero-order valence-corrected chi connectivity index (χ0v) is 14.8. The number of amides is 1. The number of carbonyl (C=O) groups is 1. The number of carbonyl (C=O) groups excluding carboxylic acids is 1. The van der Waals surface area contributed by atoms with Crippen LogP contribution in [0.5, 0.6) is 0 Å². The summed E-state index contributed by atoms with van der Waals surface area (Å²) in [6.45, 7) is 5.51. The number of halogens is 1. The Balaban J connectivity index is 2.15. The van der Waals surface area contributed by atoms with Crippen LogP contribution in [0.1, 0.15) is 26.5 Å². The Morgan fingerprint density at radius 3 is 2.68 bits per heavy atom. The van der Waals surface area contributed by atoms with Gasteiger partial charge in [0.25, 0.3) is 5.69 Å². The van der Waals surface area contributed by atoms with Crippen molar-refractivity contribution in [3.05, 3.63) is 57.2 Å². The fourth-order valence-corrected chi connectivity index (χ4v) is 2.21. The van der Waals surface area contributed by atoms with Gasteiger partial charge in [-0.3, -0.25) is 15.1 Å². The first-order valence-corrected chi connectivity index (χ1v) is 7.90. The van der Waals surface area contributed by atoms with Crippen molar-refractivity contribution < 1.29 is 14.5 Å². The molecule has 0 saturated carbocycles. The lowest BCUT2D eigenvalue weighted by Crippen LogP contribution is -2.32. The van der Waals surface area contributed by atoms with E-state index < -0.39 is 16.6 Å². The molecule has 0 saturated heterocycles. The Bertz CT molecular complexity index is 803. The number of hydrogen-bond donors (Lipinski definition) is 1. The summed E-state index contributed by atoms with van der Waals surface area (Å²) in [4.78, 5) is 26.6. The van der Waals surface area contributed by atoms with Crippen molar-refractivity contribution >= 4 is 23.4 Å². The van der Waals surface area contributed by atoms with E-state index in [1.807, 2.05) is 0 Å². The van der Waals surface area contributed by atoms with E-state index in [-0.39, 0.29) is 17.3 Å². The van der Waals surface area contributed by atoms with E-state index in [9.17, 15) is 14.9 Å². The van der Waals surface area contributed by atoms with Gasteiger partial charge < -0.3 is 10.1 Å². The molecule has 0 spiro atoms. The van der Waals surface area contributed by atoms with Gasteiger partial charge in [0.1, 0.15) is 10.6 Å². The fraction of sp³-hybridized carbons (Fsp3) is 0.294. The smallest absolute Gasteiger partial charge is 0.407 e. The van der Waals surface area contributed by atoms with Crippen LogP contribution in [0.2, 0.25) is 5.02 Å². The molecule has 7 nitrogen and oxygen atoms in total. The van der Waals surface area contributed by atoms with E-state index in [1.54, 1.807) is 45.0 Å². The lowest BCUT2D eigenvalue weighted by molar-refractivity contribution is -0.384. The maximum Gasteiger partial charge on any atom is 0.407 e. The normalized spacial score (nSPS) is 11.0. The molecule has 0 atom stereocenters. The van der Waals surface area contributed by atoms with Crippen LogP contribution < -0.4 is 5.32 Å². The summed E-state index contributed by atoms with van der Waals surface area (Å²) < 4.78 is 5.16. The molecule has 2 rings (SSSR count). The van der Waals surface area contributed by atoms with Gasteiger partial charge in [-0.25, -0.2) is 4.79 Å². The number of aromatic nitrogens is 1. The van der Waals surface area contributed by atoms with Crippen LogP contribution in [0.15, 0.2) is 36.4 Å². The lowest BCUT2D eigenvalue weighted by atomic mass is 10.1. The highest BCUT2D eigenvalue weighted by molar-refractivity contribution is 6.32. The zero-order chi connectivity index (χ0) is 18.6. The number of ether oxygens (including phenoxy) is 1. The summed E-state index contributed by atoms with van der Waals surface area (Å²) in [5.41, 5.74) is 0.944. The Kier molecular flexibility index (Phi) is 5.58. The molecule has 0 aliphatic heterocycles. The summed E-state index contributed by atoms with van der Waals surface area (Å²) in [5.74, 6) is 0. The minimum absolute atomic E-state index is 0.0662. The van der Waals surface area contributed by atoms with Gasteiger partial charge in [0.15, 0.2) is 0 Å². The minimum atomic E-state index is -0.582. The van der Waals surface area contributed by atoms with E-state index in [1.165, 1.54) is 12.1 Å². The van der Waals surface area contributed by atoms with Crippen molar-refractivity contribution in [3.63, 3.8) is 0 Å². The van der Waals surface area contributed by atoms with E-state index in [4.69, 9.17) is 16.3 Å². The summed E-state index contributed by atoms with van der Waals surface area (Å²) in [5, 5.41) is 13.7. The molecule has 1 aromatic carbocycles. The van der Waals surface area contributed by atoms with Crippen LogP contribution in [-0.4, -0.2) is 21.6 Å². The minimum Gasteiger partial charge on any atom is -0.444 e. The van der Waals surface area contributed by atoms with Gasteiger partial charge in [0, 0.05) is 11.6 Å². The summed E-state index contributed by atoms with van der Waals surface area (Å²) in [6, 6.07) is 9.71. The zero-order valence-electron chi connectivity index (χ0n) is 14.1. The molecule has 0 bridgehead atoms. The predicted octanol–water partition coefficient (Wildman–Crippen LogP) is 4.33. The molecule has 1 amide bonds. The largest absolute Gasteiger partial charge is 0.444 e. The molecule has 25 heavy (non-hydrogen) atoms. The molecular weight excluding hydrogens is 346 g/mol. The molecule has 1 aromatic heterocycles. The van der Waals surface area contributed by atoms with Gasteiger partial charge in [0.2, 0.25) is 0 Å². The number of rotatable bonds is 4. The summed E-state index contributed by atoms with van der Waals surface area (Å²) in [6.07, 6.45) is -0.540. The van der Waals surface area contributed by atoms with Gasteiger partial charge in [-0.1, -0.05) is 23.7 Å². The van der Waals surface area contributed by atoms with E-state index >= 15 is 0 Å². The van der Waals surface area contributed by atoms with E-state index in [0.717, 1.165) is 0 Å². The average molecular weight is 364 g/mol. The van der Waals surface area contributed by atoms with Crippen molar-refractivity contribution in [3.8, 4) is 11.3 Å². The van der Waals surface area contributed by atoms with Crippen molar-refractivity contribution in [2.45, 2.75) is 32.9 Å². The highest BCUT2D eigenvalue weighted by atomic mass is 35.5. The van der Waals surface area contributed by atoms with Crippen LogP contribution in [0.4, 0.5) is 10.5 Å². The maximum absolute atomic E-state index is 11.7. The molecule has 0 aliphatic carbocycles. The molecular formula is C17H18ClN3O4. The number of nitrogens with zero attached hydrogens (tertiary/aromatic N) is 2. The fourth-order valence-electron chi connectivity index (χ4n) is 2.03. The monoisotopic (exact) mass is 363 g/mol. The first-order valence-electron chi connectivity index (χ1n) is 7.53. The van der Waals surface area contributed by atoms with Crippen LogP contribution in [0.3, 0.4) is 0 Å². The molecule has 0 radical (unpaired) electrons. The topological polar surface area (TPSA) is 94.4 Å². The molecule has 1 heterocycles. The maximum atomic E-state index is 11.7. The third kappa shape index (κ3) is 5.42. The third-order valence-corrected chi connectivity index (χ3v) is 3.38. The molecule has 132 valence electrons. The van der Waals surface area contributed by atoms with E-state index in [2.05, 4.69) is 10.3 Å². The summed E-state index contributed by atoms with van der Waals surface area (Å²) in [7, 11) is 0. The van der Waals surface area contributed by atoms with Gasteiger partial charge in [-0.05, 0) is 39.0 Å². The second kappa shape index (κ2) is 7.48. The summed E-state index contributed by atoms with van der Waals surface area (Å²) >= 11 is 5.82. The number of nitro benzene ring substituents is 1.